The van der Waals surface area contributed by atoms with Gasteiger partial charge in [0.15, 0.2) is 0 Å². The van der Waals surface area contributed by atoms with Crippen LogP contribution in [-0.4, -0.2) is 29.1 Å². The molecule has 5 heteroatoms. The van der Waals surface area contributed by atoms with E-state index in [2.05, 4.69) is 11.8 Å². The van der Waals surface area contributed by atoms with E-state index in [0.29, 0.717) is 33.1 Å². The van der Waals surface area contributed by atoms with Crippen molar-refractivity contribution in [3.8, 4) is 11.3 Å². The van der Waals surface area contributed by atoms with Gasteiger partial charge in [0.1, 0.15) is 0 Å². The van der Waals surface area contributed by atoms with Gasteiger partial charge in [0.25, 0.3) is 0 Å². The highest BCUT2D eigenvalue weighted by Crippen LogP contribution is 2.39. The zero-order valence-corrected chi connectivity index (χ0v) is 15.9. The molecule has 1 fully saturated rings. The number of carboxylic acids is 1. The number of para-hydroxylation sites is 1. The smallest absolute Gasteiger partial charge is 0.338 e. The van der Waals surface area contributed by atoms with Gasteiger partial charge in [0.2, 0.25) is 0 Å². The number of piperidine rings is 1. The van der Waals surface area contributed by atoms with E-state index in [0.717, 1.165) is 37.2 Å². The molecule has 0 spiro atoms. The number of hydrogen-bond acceptors (Lipinski definition) is 3. The Kier molecular flexibility index (Phi) is 4.75. The number of carbonyl (C=O) groups is 1. The number of fused-ring (bicyclic) bond motifs is 1. The van der Waals surface area contributed by atoms with Crippen molar-refractivity contribution in [3.63, 3.8) is 0 Å². The molecule has 1 N–H and O–H groups in total. The van der Waals surface area contributed by atoms with Crippen LogP contribution >= 0.6 is 11.6 Å². The quantitative estimate of drug-likeness (QED) is 0.652. The van der Waals surface area contributed by atoms with E-state index in [-0.39, 0.29) is 0 Å². The average molecular weight is 381 g/mol. The molecule has 1 aromatic heterocycles. The molecule has 3 aromatic rings. The summed E-state index contributed by atoms with van der Waals surface area (Å²) in [5.41, 5.74) is 3.32. The minimum Gasteiger partial charge on any atom is -0.478 e. The first-order valence-electron chi connectivity index (χ1n) is 9.21. The Labute approximate surface area is 163 Å². The van der Waals surface area contributed by atoms with Gasteiger partial charge < -0.3 is 10.0 Å². The second kappa shape index (κ2) is 7.20. The Morgan fingerprint density at radius 1 is 1.11 bits per heavy atom. The third-order valence-corrected chi connectivity index (χ3v) is 5.55. The lowest BCUT2D eigenvalue weighted by molar-refractivity contribution is 0.0699. The zero-order chi connectivity index (χ0) is 19.0. The summed E-state index contributed by atoms with van der Waals surface area (Å²) in [6.45, 7) is 3.91. The molecule has 0 aliphatic carbocycles. The van der Waals surface area contributed by atoms with Crippen LogP contribution in [0.4, 0.5) is 5.69 Å². The van der Waals surface area contributed by atoms with Crippen molar-refractivity contribution in [1.29, 1.82) is 0 Å². The first-order valence-corrected chi connectivity index (χ1v) is 9.59. The topological polar surface area (TPSA) is 53.4 Å². The number of rotatable bonds is 3. The molecule has 138 valence electrons. The Balaban J connectivity index is 2.01. The van der Waals surface area contributed by atoms with Crippen molar-refractivity contribution >= 4 is 34.2 Å². The van der Waals surface area contributed by atoms with Crippen molar-refractivity contribution in [3.05, 3.63) is 59.1 Å². The van der Waals surface area contributed by atoms with E-state index in [1.165, 1.54) is 0 Å². The average Bonchev–Trinajstić information content (AvgIpc) is 2.67. The van der Waals surface area contributed by atoms with Crippen LogP contribution in [-0.2, 0) is 0 Å². The van der Waals surface area contributed by atoms with Crippen LogP contribution in [0.2, 0.25) is 5.02 Å². The number of halogens is 1. The summed E-state index contributed by atoms with van der Waals surface area (Å²) in [5.74, 6) is -0.264. The standard InChI is InChI=1S/C22H21ClN2O2/c1-14-10-12-25(13-11-14)21-19(22(26)27)17-4-2-3-5-18(17)24-20(21)15-6-8-16(23)9-7-15/h2-9,14H,10-13H2,1H3,(H,26,27). The van der Waals surface area contributed by atoms with E-state index in [1.807, 2.05) is 48.5 Å². The molecule has 0 unspecified atom stereocenters. The highest BCUT2D eigenvalue weighted by atomic mass is 35.5. The lowest BCUT2D eigenvalue weighted by Gasteiger charge is -2.34. The predicted molar refractivity (Wildman–Crippen MR) is 110 cm³/mol. The van der Waals surface area contributed by atoms with Crippen LogP contribution in [0.1, 0.15) is 30.1 Å². The highest BCUT2D eigenvalue weighted by molar-refractivity contribution is 6.30. The van der Waals surface area contributed by atoms with Gasteiger partial charge in [-0.05, 0) is 37.0 Å². The minimum atomic E-state index is -0.919. The third-order valence-electron chi connectivity index (χ3n) is 5.30. The van der Waals surface area contributed by atoms with Crippen molar-refractivity contribution in [2.75, 3.05) is 18.0 Å². The lowest BCUT2D eigenvalue weighted by Crippen LogP contribution is -2.34. The summed E-state index contributed by atoms with van der Waals surface area (Å²) in [4.78, 5) is 19.4. The van der Waals surface area contributed by atoms with E-state index in [1.54, 1.807) is 0 Å². The number of pyridine rings is 1. The number of aromatic nitrogens is 1. The fourth-order valence-electron chi connectivity index (χ4n) is 3.77. The van der Waals surface area contributed by atoms with Crippen molar-refractivity contribution in [2.45, 2.75) is 19.8 Å². The van der Waals surface area contributed by atoms with E-state index in [9.17, 15) is 9.90 Å². The van der Waals surface area contributed by atoms with Crippen molar-refractivity contribution in [1.82, 2.24) is 4.98 Å². The van der Waals surface area contributed by atoms with Gasteiger partial charge in [-0.2, -0.15) is 0 Å². The van der Waals surface area contributed by atoms with Crippen LogP contribution in [0.15, 0.2) is 48.5 Å². The maximum Gasteiger partial charge on any atom is 0.338 e. The van der Waals surface area contributed by atoms with Crippen LogP contribution < -0.4 is 4.90 Å². The summed E-state index contributed by atoms with van der Waals surface area (Å²) in [6, 6.07) is 14.9. The molecule has 0 radical (unpaired) electrons. The summed E-state index contributed by atoms with van der Waals surface area (Å²) in [7, 11) is 0. The second-order valence-corrected chi connectivity index (χ2v) is 7.62. The molecule has 27 heavy (non-hydrogen) atoms. The van der Waals surface area contributed by atoms with Crippen molar-refractivity contribution < 1.29 is 9.90 Å². The van der Waals surface area contributed by atoms with Crippen LogP contribution in [0.5, 0.6) is 0 Å². The predicted octanol–water partition coefficient (Wildman–Crippen LogP) is 5.49. The fraction of sp³-hybridized carbons (Fsp3) is 0.273. The Bertz CT molecular complexity index is 993. The summed E-state index contributed by atoms with van der Waals surface area (Å²) in [5, 5.41) is 11.4. The number of benzene rings is 2. The van der Waals surface area contributed by atoms with Gasteiger partial charge in [-0.15, -0.1) is 0 Å². The molecule has 2 heterocycles. The molecular weight excluding hydrogens is 360 g/mol. The summed E-state index contributed by atoms with van der Waals surface area (Å²) in [6.07, 6.45) is 2.10. The monoisotopic (exact) mass is 380 g/mol. The van der Waals surface area contributed by atoms with Crippen LogP contribution in [0.25, 0.3) is 22.2 Å². The van der Waals surface area contributed by atoms with Gasteiger partial charge >= 0.3 is 5.97 Å². The van der Waals surface area contributed by atoms with Gasteiger partial charge in [0.05, 0.1) is 22.5 Å². The molecule has 1 aliphatic heterocycles. The van der Waals surface area contributed by atoms with Crippen molar-refractivity contribution in [2.24, 2.45) is 5.92 Å². The summed E-state index contributed by atoms with van der Waals surface area (Å²) < 4.78 is 0. The molecule has 0 bridgehead atoms. The lowest BCUT2D eigenvalue weighted by atomic mass is 9.95. The number of carboxylic acid groups (broad SMARTS) is 1. The molecule has 1 saturated heterocycles. The molecule has 1 aliphatic rings. The summed E-state index contributed by atoms with van der Waals surface area (Å²) >= 11 is 6.06. The van der Waals surface area contributed by atoms with Gasteiger partial charge in [-0.25, -0.2) is 9.78 Å². The molecule has 4 rings (SSSR count). The maximum absolute atomic E-state index is 12.3. The normalized spacial score (nSPS) is 15.3. The molecule has 0 saturated carbocycles. The number of hydrogen-bond donors (Lipinski definition) is 1. The van der Waals surface area contributed by atoms with E-state index in [4.69, 9.17) is 16.6 Å². The second-order valence-electron chi connectivity index (χ2n) is 7.18. The van der Waals surface area contributed by atoms with E-state index < -0.39 is 5.97 Å². The number of aromatic carboxylic acids is 1. The first-order chi connectivity index (χ1) is 13.0. The highest BCUT2D eigenvalue weighted by Gasteiger charge is 2.27. The van der Waals surface area contributed by atoms with Gasteiger partial charge in [-0.1, -0.05) is 48.9 Å². The number of nitrogens with zero attached hydrogens (tertiary/aromatic N) is 2. The molecule has 0 atom stereocenters. The first kappa shape index (κ1) is 17.8. The Morgan fingerprint density at radius 3 is 2.44 bits per heavy atom. The maximum atomic E-state index is 12.3. The Morgan fingerprint density at radius 2 is 1.78 bits per heavy atom. The molecule has 4 nitrogen and oxygen atoms in total. The molecule has 0 amide bonds. The fourth-order valence-corrected chi connectivity index (χ4v) is 3.89. The van der Waals surface area contributed by atoms with Crippen LogP contribution in [0.3, 0.4) is 0 Å². The van der Waals surface area contributed by atoms with Gasteiger partial charge in [0, 0.05) is 29.1 Å². The third kappa shape index (κ3) is 3.37. The molecular formula is C22H21ClN2O2. The van der Waals surface area contributed by atoms with E-state index >= 15 is 0 Å². The van der Waals surface area contributed by atoms with Crippen LogP contribution in [0, 0.1) is 5.92 Å². The number of anilines is 1. The zero-order valence-electron chi connectivity index (χ0n) is 15.2. The largest absolute Gasteiger partial charge is 0.478 e. The minimum absolute atomic E-state index is 0.333. The van der Waals surface area contributed by atoms with Gasteiger partial charge in [-0.3, -0.25) is 0 Å². The Hall–Kier alpha value is -2.59. The molecule has 2 aromatic carbocycles. The SMILES string of the molecule is CC1CCN(c2c(-c3ccc(Cl)cc3)nc3ccccc3c2C(=O)O)CC1.